The van der Waals surface area contributed by atoms with Crippen LogP contribution in [0.4, 0.5) is 0 Å². The molecule has 0 aliphatic carbocycles. The Morgan fingerprint density at radius 1 is 0.532 bits per heavy atom. The van der Waals surface area contributed by atoms with Crippen LogP contribution in [0.25, 0.3) is 0 Å². The molecule has 62 heavy (non-hydrogen) atoms. The van der Waals surface area contributed by atoms with Crippen LogP contribution in [0.3, 0.4) is 0 Å². The van der Waals surface area contributed by atoms with Gasteiger partial charge in [0.15, 0.2) is 0 Å². The molecule has 364 valence electrons. The molecule has 0 aromatic rings. The molecule has 0 spiro atoms. The standard InChI is InChI=1S/C27H54N4O5.C8H20N4.C6H11BrO2.C2H3O.BrH.Na/c1-22(34-25(2,3)4)19-31-17-15-29(20-23(32)35-26(5,6)7)13-11-28-12-14-30(16-18-31)21-24(33)36-27(8,9)10;1-2-10-5-6-12-8-7-11-4-3-9-1;1-6(2,3)9-5(8)4-7;1-2-3;;/h22,28H,11-21H2,1-10H3;9-12H,1-8H2;4H2,1-3H3;1H3;1H;/q;;;-1;;+1. The number of ether oxygens (including phenoxy) is 4. The zero-order valence-electron chi connectivity index (χ0n) is 41.6. The van der Waals surface area contributed by atoms with Crippen molar-refractivity contribution in [3.8, 4) is 0 Å². The summed E-state index contributed by atoms with van der Waals surface area (Å²) >= 11 is 2.99. The summed E-state index contributed by atoms with van der Waals surface area (Å²) in [5.74, 6) is -0.620. The molecule has 5 N–H and O–H groups in total. The second-order valence-electron chi connectivity index (χ2n) is 18.7. The third-order valence-corrected chi connectivity index (χ3v) is 8.19. The van der Waals surface area contributed by atoms with Crippen molar-refractivity contribution in [1.29, 1.82) is 0 Å². The molecule has 2 aliphatic heterocycles. The van der Waals surface area contributed by atoms with Gasteiger partial charge in [0.1, 0.15) is 22.1 Å². The van der Waals surface area contributed by atoms with Crippen molar-refractivity contribution >= 4 is 57.1 Å². The van der Waals surface area contributed by atoms with Crippen LogP contribution in [0, 0.1) is 0 Å². The van der Waals surface area contributed by atoms with Gasteiger partial charge in [0.2, 0.25) is 0 Å². The molecule has 2 saturated heterocycles. The number of carbonyl (C=O) groups excluding carboxylic acids is 4. The van der Waals surface area contributed by atoms with Crippen molar-refractivity contribution in [2.45, 2.75) is 125 Å². The number of alkyl halides is 1. The van der Waals surface area contributed by atoms with Gasteiger partial charge in [-0.15, -0.1) is 17.0 Å². The fourth-order valence-corrected chi connectivity index (χ4v) is 5.81. The molecule has 2 rings (SSSR count). The van der Waals surface area contributed by atoms with Crippen molar-refractivity contribution in [1.82, 2.24) is 41.3 Å². The van der Waals surface area contributed by atoms with Gasteiger partial charge in [0, 0.05) is 111 Å². The number of carbonyl (C=O) groups is 3. The molecule has 2 aliphatic rings. The maximum atomic E-state index is 12.5. The Hall–Kier alpha value is -0.320. The van der Waals surface area contributed by atoms with Crippen molar-refractivity contribution in [3.63, 3.8) is 0 Å². The fourth-order valence-electron chi connectivity index (χ4n) is 5.69. The van der Waals surface area contributed by atoms with Crippen LogP contribution in [0.15, 0.2) is 0 Å². The van der Waals surface area contributed by atoms with Gasteiger partial charge in [-0.3, -0.25) is 35.4 Å². The maximum absolute atomic E-state index is 12.5. The molecule has 0 aromatic heterocycles. The predicted octanol–water partition coefficient (Wildman–Crippen LogP) is 0.162. The third-order valence-electron chi connectivity index (χ3n) is 7.73. The normalized spacial score (nSPS) is 17.9. The van der Waals surface area contributed by atoms with Crippen LogP contribution in [-0.2, 0) is 38.1 Å². The summed E-state index contributed by atoms with van der Waals surface area (Å²) in [5, 5.41) is 17.2. The second-order valence-corrected chi connectivity index (χ2v) is 19.3. The summed E-state index contributed by atoms with van der Waals surface area (Å²) in [7, 11) is 0. The van der Waals surface area contributed by atoms with Crippen LogP contribution >= 0.6 is 32.9 Å². The Kier molecular flexibility index (Phi) is 42.7. The SMILES string of the molecule is Br.C1CNCCNCCNCCN1.CC(C)(C)OC(=O)CBr.CC(CN1CCN(CC(=O)OC(C)(C)C)CCNCCN(CC(=O)OC(C)(C)C)CC1)OC(C)(C)C.C[C-]=O.[Na+]. The van der Waals surface area contributed by atoms with Gasteiger partial charge in [-0.25, -0.2) is 0 Å². The number of nitrogens with zero attached hydrogens (tertiary/aromatic N) is 3. The second kappa shape index (κ2) is 38.8. The molecule has 0 bridgehead atoms. The molecule has 19 heteroatoms. The maximum Gasteiger partial charge on any atom is 1.00 e. The summed E-state index contributed by atoms with van der Waals surface area (Å²) in [6.45, 7) is 42.5. The number of nitrogens with one attached hydrogen (secondary N) is 5. The van der Waals surface area contributed by atoms with E-state index >= 15 is 0 Å². The Balaban J connectivity index is -0.000000525. The Bertz CT molecular complexity index is 1050. The van der Waals surface area contributed by atoms with Gasteiger partial charge in [0.05, 0.1) is 24.8 Å². The van der Waals surface area contributed by atoms with E-state index in [1.54, 1.807) is 0 Å². The first-order chi connectivity index (χ1) is 27.8. The number of esters is 3. The Labute approximate surface area is 418 Å². The molecule has 1 unspecified atom stereocenters. The third kappa shape index (κ3) is 50.7. The van der Waals surface area contributed by atoms with Crippen LogP contribution in [0.1, 0.15) is 96.9 Å². The first-order valence-electron chi connectivity index (χ1n) is 21.7. The summed E-state index contributed by atoms with van der Waals surface area (Å²) < 4.78 is 22.2. The molecular weight excluding hydrogens is 939 g/mol. The number of rotatable bonds is 8. The molecule has 2 heterocycles. The molecule has 1 atom stereocenters. The molecule has 2 fully saturated rings. The van der Waals surface area contributed by atoms with Gasteiger partial charge >= 0.3 is 47.5 Å². The van der Waals surface area contributed by atoms with E-state index in [1.165, 1.54) is 13.2 Å². The van der Waals surface area contributed by atoms with Crippen LogP contribution in [-0.4, -0.2) is 197 Å². The monoisotopic (exact) mass is 1030 g/mol. The van der Waals surface area contributed by atoms with Gasteiger partial charge in [-0.1, -0.05) is 15.9 Å². The van der Waals surface area contributed by atoms with E-state index in [-0.39, 0.29) is 100 Å². The fraction of sp³-hybridized carbons (Fsp3) is 0.907. The average molecular weight is 1030 g/mol. The van der Waals surface area contributed by atoms with Crippen LogP contribution < -0.4 is 56.1 Å². The number of hydrogen-bond acceptors (Lipinski definition) is 16. The smallest absolute Gasteiger partial charge is 0.542 e. The summed E-state index contributed by atoms with van der Waals surface area (Å²) in [5.41, 5.74) is -1.57. The van der Waals surface area contributed by atoms with E-state index in [0.717, 1.165) is 111 Å². The summed E-state index contributed by atoms with van der Waals surface area (Å²) in [6.07, 6.45) is 1.55. The largest absolute Gasteiger partial charge is 1.00 e. The quantitative estimate of drug-likeness (QED) is 0.0732. The Morgan fingerprint density at radius 3 is 1.06 bits per heavy atom. The van der Waals surface area contributed by atoms with Gasteiger partial charge in [-0.05, 0) is 90.0 Å². The minimum Gasteiger partial charge on any atom is -0.542 e. The average Bonchev–Trinajstić information content (AvgIpc) is 3.06. The van der Waals surface area contributed by atoms with E-state index in [9.17, 15) is 14.4 Å². The van der Waals surface area contributed by atoms with Crippen LogP contribution in [0.2, 0.25) is 0 Å². The van der Waals surface area contributed by atoms with E-state index < -0.39 is 11.2 Å². The molecule has 0 aromatic carbocycles. The van der Waals surface area contributed by atoms with Crippen LogP contribution in [0.5, 0.6) is 0 Å². The van der Waals surface area contributed by atoms with Gasteiger partial charge in [0.25, 0.3) is 0 Å². The summed E-state index contributed by atoms with van der Waals surface area (Å²) in [6, 6.07) is 0. The topological polar surface area (TPSA) is 175 Å². The molecular formula is C43H89Br2N8NaO8. The molecule has 16 nitrogen and oxygen atoms in total. The van der Waals surface area contributed by atoms with Gasteiger partial charge < -0.3 is 50.3 Å². The van der Waals surface area contributed by atoms with Gasteiger partial charge in [-0.2, -0.15) is 6.92 Å². The van der Waals surface area contributed by atoms with Crippen molar-refractivity contribution < 1.29 is 67.7 Å². The van der Waals surface area contributed by atoms with Crippen molar-refractivity contribution in [2.75, 3.05) is 130 Å². The van der Waals surface area contributed by atoms with E-state index in [4.69, 9.17) is 23.7 Å². The first kappa shape index (κ1) is 68.3. The van der Waals surface area contributed by atoms with Crippen molar-refractivity contribution in [2.24, 2.45) is 0 Å². The molecule has 0 radical (unpaired) electrons. The number of halogens is 2. The molecule has 0 amide bonds. The minimum atomic E-state index is -0.495. The minimum absolute atomic E-state index is 0. The zero-order chi connectivity index (χ0) is 46.3. The van der Waals surface area contributed by atoms with E-state index in [0.29, 0.717) is 0 Å². The summed E-state index contributed by atoms with van der Waals surface area (Å²) in [4.78, 5) is 50.9. The first-order valence-corrected chi connectivity index (χ1v) is 22.8. The Morgan fingerprint density at radius 2 is 0.806 bits per heavy atom. The molecule has 0 saturated carbocycles. The predicted molar refractivity (Wildman–Crippen MR) is 257 cm³/mol. The number of hydrogen-bond donors (Lipinski definition) is 5. The van der Waals surface area contributed by atoms with E-state index in [1.807, 2.05) is 62.3 Å². The van der Waals surface area contributed by atoms with E-state index in [2.05, 4.69) is 84.9 Å². The van der Waals surface area contributed by atoms with Crippen molar-refractivity contribution in [3.05, 3.63) is 0 Å². The zero-order valence-corrected chi connectivity index (χ0v) is 46.9.